The van der Waals surface area contributed by atoms with Crippen molar-refractivity contribution in [2.24, 2.45) is 5.41 Å². The molecule has 0 aromatic carbocycles. The molecule has 0 aliphatic heterocycles. The molecule has 0 bridgehead atoms. The summed E-state index contributed by atoms with van der Waals surface area (Å²) >= 11 is 0. The molecule has 0 radical (unpaired) electrons. The number of unbranched alkanes of at least 4 members (excludes halogenated alkanes) is 2. The van der Waals surface area contributed by atoms with Crippen LogP contribution < -0.4 is 5.32 Å². The van der Waals surface area contributed by atoms with E-state index in [1.807, 2.05) is 6.07 Å². The van der Waals surface area contributed by atoms with Gasteiger partial charge in [0.15, 0.2) is 0 Å². The Morgan fingerprint density at radius 2 is 2.19 bits per heavy atom. The van der Waals surface area contributed by atoms with E-state index in [9.17, 15) is 10.1 Å². The zero-order valence-electron chi connectivity index (χ0n) is 12.8. The fourth-order valence-electron chi connectivity index (χ4n) is 2.04. The highest BCUT2D eigenvalue weighted by Gasteiger charge is 2.19. The normalized spacial score (nSPS) is 11.0. The van der Waals surface area contributed by atoms with Gasteiger partial charge in [0, 0.05) is 12.6 Å². The molecule has 0 aliphatic rings. The lowest BCUT2D eigenvalue weighted by Gasteiger charge is -2.25. The van der Waals surface area contributed by atoms with Crippen molar-refractivity contribution < 1.29 is 4.92 Å². The smallest absolute Gasteiger partial charge is 0.289 e. The van der Waals surface area contributed by atoms with Gasteiger partial charge in [-0.2, -0.15) is 5.26 Å². The molecule has 0 unspecified atom stereocenters. The predicted octanol–water partition coefficient (Wildman–Crippen LogP) is 3.88. The maximum absolute atomic E-state index is 10.7. The van der Waals surface area contributed by atoms with E-state index in [1.54, 1.807) is 0 Å². The minimum atomic E-state index is -0.549. The number of rotatable bonds is 8. The van der Waals surface area contributed by atoms with E-state index in [0.29, 0.717) is 12.4 Å². The third-order valence-corrected chi connectivity index (χ3v) is 3.40. The molecule has 0 aliphatic carbocycles. The van der Waals surface area contributed by atoms with E-state index in [1.165, 1.54) is 31.5 Å². The molecule has 6 heteroatoms. The quantitative estimate of drug-likeness (QED) is 0.445. The highest BCUT2D eigenvalue weighted by atomic mass is 16.6. The molecule has 114 valence electrons. The van der Waals surface area contributed by atoms with Crippen molar-refractivity contribution in [3.63, 3.8) is 0 Å². The highest BCUT2D eigenvalue weighted by molar-refractivity contribution is 5.55. The van der Waals surface area contributed by atoms with Crippen LogP contribution in [0.1, 0.15) is 52.0 Å². The lowest BCUT2D eigenvalue weighted by Crippen LogP contribution is -2.23. The van der Waals surface area contributed by atoms with Crippen LogP contribution in [0.2, 0.25) is 0 Å². The molecular formula is C15H22N4O2. The van der Waals surface area contributed by atoms with Gasteiger partial charge in [-0.05, 0) is 11.8 Å². The van der Waals surface area contributed by atoms with Gasteiger partial charge in [-0.3, -0.25) is 10.1 Å². The van der Waals surface area contributed by atoms with Crippen LogP contribution >= 0.6 is 0 Å². The molecule has 6 nitrogen and oxygen atoms in total. The number of anilines is 1. The topological polar surface area (TPSA) is 91.8 Å². The van der Waals surface area contributed by atoms with Gasteiger partial charge in [-0.1, -0.05) is 40.0 Å². The van der Waals surface area contributed by atoms with Crippen molar-refractivity contribution in [3.05, 3.63) is 27.9 Å². The van der Waals surface area contributed by atoms with E-state index in [0.717, 1.165) is 6.42 Å². The Labute approximate surface area is 125 Å². The minimum absolute atomic E-state index is 0.0886. The van der Waals surface area contributed by atoms with Gasteiger partial charge < -0.3 is 5.32 Å². The number of hydrogen-bond acceptors (Lipinski definition) is 5. The van der Waals surface area contributed by atoms with Crippen molar-refractivity contribution in [2.75, 3.05) is 11.9 Å². The van der Waals surface area contributed by atoms with Crippen molar-refractivity contribution in [1.82, 2.24) is 4.98 Å². The van der Waals surface area contributed by atoms with Crippen LogP contribution in [0.4, 0.5) is 11.5 Å². The van der Waals surface area contributed by atoms with Crippen molar-refractivity contribution in [3.8, 4) is 6.07 Å². The number of nitriles is 1. The first-order valence-electron chi connectivity index (χ1n) is 7.18. The van der Waals surface area contributed by atoms with Crippen LogP contribution in [0.25, 0.3) is 0 Å². The summed E-state index contributed by atoms with van der Waals surface area (Å²) in [5.74, 6) is 0.409. The Hall–Kier alpha value is -2.16. The van der Waals surface area contributed by atoms with Crippen LogP contribution in [0.5, 0.6) is 0 Å². The Kier molecular flexibility index (Phi) is 6.10. The van der Waals surface area contributed by atoms with Crippen molar-refractivity contribution in [2.45, 2.75) is 46.5 Å². The number of aromatic nitrogens is 1. The lowest BCUT2D eigenvalue weighted by atomic mass is 9.87. The van der Waals surface area contributed by atoms with Crippen molar-refractivity contribution in [1.29, 1.82) is 5.26 Å². The predicted molar refractivity (Wildman–Crippen MR) is 82.0 cm³/mol. The summed E-state index contributed by atoms with van der Waals surface area (Å²) in [6.45, 7) is 7.17. The van der Waals surface area contributed by atoms with Crippen molar-refractivity contribution >= 4 is 11.5 Å². The van der Waals surface area contributed by atoms with E-state index in [-0.39, 0.29) is 16.7 Å². The zero-order chi connectivity index (χ0) is 15.9. The molecule has 1 N–H and O–H groups in total. The van der Waals surface area contributed by atoms with Crippen LogP contribution in [0.15, 0.2) is 12.3 Å². The van der Waals surface area contributed by atoms with Gasteiger partial charge in [0.25, 0.3) is 5.69 Å². The van der Waals surface area contributed by atoms with Gasteiger partial charge >= 0.3 is 0 Å². The summed E-state index contributed by atoms with van der Waals surface area (Å²) in [6, 6.07) is 3.20. The maximum Gasteiger partial charge on any atom is 0.289 e. The SMILES string of the molecule is CCCCCC(C)(C)CNc1ncc([N+](=O)[O-])cc1C#N. The molecular weight excluding hydrogens is 268 g/mol. The molecule has 0 saturated heterocycles. The van der Waals surface area contributed by atoms with E-state index in [2.05, 4.69) is 31.1 Å². The summed E-state index contributed by atoms with van der Waals surface area (Å²) in [7, 11) is 0. The molecule has 21 heavy (non-hydrogen) atoms. The molecule has 1 aromatic rings. The maximum atomic E-state index is 10.7. The minimum Gasteiger partial charge on any atom is -0.368 e. The number of pyridine rings is 1. The van der Waals surface area contributed by atoms with Crippen LogP contribution in [-0.2, 0) is 0 Å². The van der Waals surface area contributed by atoms with Gasteiger partial charge in [0.2, 0.25) is 0 Å². The van der Waals surface area contributed by atoms with Gasteiger partial charge in [-0.15, -0.1) is 0 Å². The van der Waals surface area contributed by atoms with Gasteiger partial charge in [0.1, 0.15) is 23.6 Å². The molecule has 1 rings (SSSR count). The van der Waals surface area contributed by atoms with Crippen LogP contribution in [0.3, 0.4) is 0 Å². The molecule has 0 fully saturated rings. The molecule has 0 saturated carbocycles. The van der Waals surface area contributed by atoms with Crippen LogP contribution in [0, 0.1) is 26.9 Å². The summed E-state index contributed by atoms with van der Waals surface area (Å²) in [4.78, 5) is 14.1. The summed E-state index contributed by atoms with van der Waals surface area (Å²) in [5, 5.41) is 22.9. The first kappa shape index (κ1) is 16.9. The second-order valence-corrected chi connectivity index (χ2v) is 5.93. The highest BCUT2D eigenvalue weighted by Crippen LogP contribution is 2.25. The second kappa shape index (κ2) is 7.58. The standard InChI is InChI=1S/C15H22N4O2/c1-4-5-6-7-15(2,3)11-18-14-12(9-16)8-13(10-17-14)19(20)21/h8,10H,4-7,11H2,1-3H3,(H,17,18). The fraction of sp³-hybridized carbons (Fsp3) is 0.600. The fourth-order valence-corrected chi connectivity index (χ4v) is 2.04. The summed E-state index contributed by atoms with van der Waals surface area (Å²) in [6.07, 6.45) is 5.83. The lowest BCUT2D eigenvalue weighted by molar-refractivity contribution is -0.385. The third-order valence-electron chi connectivity index (χ3n) is 3.40. The largest absolute Gasteiger partial charge is 0.368 e. The Morgan fingerprint density at radius 1 is 1.48 bits per heavy atom. The zero-order valence-corrected chi connectivity index (χ0v) is 12.8. The number of nitro groups is 1. The first-order chi connectivity index (χ1) is 9.89. The van der Waals surface area contributed by atoms with Crippen LogP contribution in [-0.4, -0.2) is 16.5 Å². The number of nitrogens with zero attached hydrogens (tertiary/aromatic N) is 3. The number of hydrogen-bond donors (Lipinski definition) is 1. The van der Waals surface area contributed by atoms with Gasteiger partial charge in [0.05, 0.1) is 4.92 Å². The Bertz CT molecular complexity index is 535. The summed E-state index contributed by atoms with van der Waals surface area (Å²) in [5.41, 5.74) is 0.124. The average Bonchev–Trinajstić information content (AvgIpc) is 2.45. The first-order valence-corrected chi connectivity index (χ1v) is 7.18. The monoisotopic (exact) mass is 290 g/mol. The number of nitrogens with one attached hydrogen (secondary N) is 1. The molecule has 0 atom stereocenters. The summed E-state index contributed by atoms with van der Waals surface area (Å²) < 4.78 is 0. The Balaban J connectivity index is 2.71. The Morgan fingerprint density at radius 3 is 2.76 bits per heavy atom. The van der Waals surface area contributed by atoms with E-state index in [4.69, 9.17) is 5.26 Å². The molecule has 1 heterocycles. The molecule has 0 spiro atoms. The second-order valence-electron chi connectivity index (χ2n) is 5.93. The van der Waals surface area contributed by atoms with Gasteiger partial charge in [-0.25, -0.2) is 4.98 Å². The molecule has 0 amide bonds. The van der Waals surface area contributed by atoms with E-state index >= 15 is 0 Å². The molecule has 1 aromatic heterocycles. The average molecular weight is 290 g/mol. The van der Waals surface area contributed by atoms with E-state index < -0.39 is 4.92 Å². The third kappa shape index (κ3) is 5.38.